The van der Waals surface area contributed by atoms with Crippen LogP contribution in [0, 0.1) is 0 Å². The van der Waals surface area contributed by atoms with Crippen molar-refractivity contribution >= 4 is 21.4 Å². The van der Waals surface area contributed by atoms with Crippen molar-refractivity contribution in [2.24, 2.45) is 0 Å². The minimum atomic E-state index is 0.595. The zero-order chi connectivity index (χ0) is 11.7. The van der Waals surface area contributed by atoms with Crippen molar-refractivity contribution in [3.8, 4) is 0 Å². The van der Waals surface area contributed by atoms with E-state index in [4.69, 9.17) is 0 Å². The number of nitrogens with one attached hydrogen (secondary N) is 1. The van der Waals surface area contributed by atoms with E-state index in [2.05, 4.69) is 27.5 Å². The van der Waals surface area contributed by atoms with E-state index in [0.717, 1.165) is 22.3 Å². The van der Waals surface area contributed by atoms with Crippen molar-refractivity contribution < 1.29 is 0 Å². The summed E-state index contributed by atoms with van der Waals surface area (Å²) in [6, 6.07) is 0.595. The zero-order valence-electron chi connectivity index (χ0n) is 10.0. The van der Waals surface area contributed by atoms with Crippen molar-refractivity contribution in [2.75, 3.05) is 5.32 Å². The number of rotatable bonds is 3. The van der Waals surface area contributed by atoms with Gasteiger partial charge in [0.2, 0.25) is 10.1 Å². The number of nitrogens with zero attached hydrogens (tertiary/aromatic N) is 4. The van der Waals surface area contributed by atoms with Crippen LogP contribution in [-0.2, 0) is 6.42 Å². The Labute approximate surface area is 104 Å². The zero-order valence-corrected chi connectivity index (χ0v) is 10.8. The highest BCUT2D eigenvalue weighted by Gasteiger charge is 2.16. The standard InChI is InChI=1S/C11H17N5S/c1-2-9-13-14-11-16(9)15-10(17-11)12-8-6-4-3-5-7-8/h8H,2-7H2,1H3,(H,12,15). The number of fused-ring (bicyclic) bond motifs is 1. The van der Waals surface area contributed by atoms with Gasteiger partial charge in [-0.3, -0.25) is 0 Å². The van der Waals surface area contributed by atoms with E-state index in [-0.39, 0.29) is 0 Å². The molecule has 6 heteroatoms. The Morgan fingerprint density at radius 1 is 1.29 bits per heavy atom. The van der Waals surface area contributed by atoms with Crippen molar-refractivity contribution in [2.45, 2.75) is 51.5 Å². The lowest BCUT2D eigenvalue weighted by Crippen LogP contribution is -2.22. The summed E-state index contributed by atoms with van der Waals surface area (Å²) in [5, 5.41) is 17.3. The molecule has 92 valence electrons. The van der Waals surface area contributed by atoms with Crippen LogP contribution < -0.4 is 5.32 Å². The summed E-state index contributed by atoms with van der Waals surface area (Å²) in [5.74, 6) is 0.938. The molecule has 0 atom stereocenters. The van der Waals surface area contributed by atoms with Gasteiger partial charge in [0.1, 0.15) is 0 Å². The van der Waals surface area contributed by atoms with Crippen molar-refractivity contribution in [3.05, 3.63) is 5.82 Å². The monoisotopic (exact) mass is 251 g/mol. The first kappa shape index (κ1) is 11.0. The van der Waals surface area contributed by atoms with Crippen LogP contribution in [0.15, 0.2) is 0 Å². The van der Waals surface area contributed by atoms with Crippen molar-refractivity contribution in [1.82, 2.24) is 19.8 Å². The Bertz CT molecular complexity index is 497. The van der Waals surface area contributed by atoms with Crippen LogP contribution in [-0.4, -0.2) is 25.9 Å². The molecule has 5 nitrogen and oxygen atoms in total. The first-order valence-corrected chi connectivity index (χ1v) is 7.16. The average molecular weight is 251 g/mol. The molecule has 0 bridgehead atoms. The molecular weight excluding hydrogens is 234 g/mol. The third-order valence-electron chi connectivity index (χ3n) is 3.30. The largest absolute Gasteiger partial charge is 0.357 e. The first-order chi connectivity index (χ1) is 8.36. The molecule has 2 aromatic rings. The molecule has 0 unspecified atom stereocenters. The third kappa shape index (κ3) is 2.13. The molecule has 0 radical (unpaired) electrons. The second kappa shape index (κ2) is 4.60. The van der Waals surface area contributed by atoms with Gasteiger partial charge in [-0.05, 0) is 12.8 Å². The molecule has 2 heterocycles. The molecule has 1 saturated carbocycles. The van der Waals surface area contributed by atoms with E-state index in [1.807, 2.05) is 4.52 Å². The molecule has 0 spiro atoms. The van der Waals surface area contributed by atoms with Gasteiger partial charge >= 0.3 is 0 Å². The van der Waals surface area contributed by atoms with E-state index in [9.17, 15) is 0 Å². The molecule has 0 aliphatic heterocycles. The van der Waals surface area contributed by atoms with Gasteiger partial charge < -0.3 is 5.32 Å². The summed E-state index contributed by atoms with van der Waals surface area (Å²) in [6.45, 7) is 2.07. The molecule has 17 heavy (non-hydrogen) atoms. The summed E-state index contributed by atoms with van der Waals surface area (Å²) < 4.78 is 1.86. The number of aryl methyl sites for hydroxylation is 1. The van der Waals surface area contributed by atoms with Gasteiger partial charge in [-0.1, -0.05) is 37.5 Å². The Kier molecular flexibility index (Phi) is 2.96. The van der Waals surface area contributed by atoms with Gasteiger partial charge in [-0.25, -0.2) is 0 Å². The van der Waals surface area contributed by atoms with Gasteiger partial charge in [-0.2, -0.15) is 4.52 Å². The second-order valence-electron chi connectivity index (χ2n) is 4.55. The van der Waals surface area contributed by atoms with E-state index in [1.54, 1.807) is 11.3 Å². The lowest BCUT2D eigenvalue weighted by atomic mass is 9.96. The smallest absolute Gasteiger partial charge is 0.236 e. The van der Waals surface area contributed by atoms with Crippen LogP contribution in [0.3, 0.4) is 0 Å². The second-order valence-corrected chi connectivity index (χ2v) is 5.51. The predicted octanol–water partition coefficient (Wildman–Crippen LogP) is 2.49. The molecular formula is C11H17N5S. The van der Waals surface area contributed by atoms with Crippen LogP contribution in [0.2, 0.25) is 0 Å². The number of aromatic nitrogens is 4. The molecule has 0 saturated heterocycles. The molecule has 0 amide bonds. The number of hydrogen-bond acceptors (Lipinski definition) is 5. The van der Waals surface area contributed by atoms with Crippen LogP contribution >= 0.6 is 11.3 Å². The van der Waals surface area contributed by atoms with E-state index in [1.165, 1.54) is 32.1 Å². The molecule has 1 aliphatic rings. The Morgan fingerprint density at radius 2 is 2.12 bits per heavy atom. The van der Waals surface area contributed by atoms with Gasteiger partial charge in [0.15, 0.2) is 5.82 Å². The summed E-state index contributed by atoms with van der Waals surface area (Å²) >= 11 is 1.59. The van der Waals surface area contributed by atoms with Gasteiger partial charge in [0.25, 0.3) is 0 Å². The first-order valence-electron chi connectivity index (χ1n) is 6.34. The van der Waals surface area contributed by atoms with Gasteiger partial charge in [0.05, 0.1) is 0 Å². The fourth-order valence-electron chi connectivity index (χ4n) is 2.36. The normalized spacial score (nSPS) is 17.7. The summed E-state index contributed by atoms with van der Waals surface area (Å²) in [7, 11) is 0. The quantitative estimate of drug-likeness (QED) is 0.910. The highest BCUT2D eigenvalue weighted by molar-refractivity contribution is 7.20. The average Bonchev–Trinajstić information content (AvgIpc) is 2.89. The highest BCUT2D eigenvalue weighted by Crippen LogP contribution is 2.24. The van der Waals surface area contributed by atoms with Crippen LogP contribution in [0.1, 0.15) is 44.9 Å². The van der Waals surface area contributed by atoms with Gasteiger partial charge in [-0.15, -0.1) is 15.3 Å². The van der Waals surface area contributed by atoms with Gasteiger partial charge in [0, 0.05) is 12.5 Å². The minimum absolute atomic E-state index is 0.595. The molecule has 1 fully saturated rings. The Hall–Kier alpha value is -1.17. The van der Waals surface area contributed by atoms with Crippen molar-refractivity contribution in [1.29, 1.82) is 0 Å². The fraction of sp³-hybridized carbons (Fsp3) is 0.727. The summed E-state index contributed by atoms with van der Waals surface area (Å²) in [5.41, 5.74) is 0. The van der Waals surface area contributed by atoms with E-state index < -0.39 is 0 Å². The van der Waals surface area contributed by atoms with E-state index in [0.29, 0.717) is 6.04 Å². The number of hydrogen-bond donors (Lipinski definition) is 1. The molecule has 0 aromatic carbocycles. The number of anilines is 1. The summed E-state index contributed by atoms with van der Waals surface area (Å²) in [6.07, 6.45) is 7.45. The molecule has 3 rings (SSSR count). The van der Waals surface area contributed by atoms with Crippen LogP contribution in [0.25, 0.3) is 4.96 Å². The molecule has 1 N–H and O–H groups in total. The maximum atomic E-state index is 4.54. The van der Waals surface area contributed by atoms with E-state index >= 15 is 0 Å². The predicted molar refractivity (Wildman–Crippen MR) is 68.5 cm³/mol. The lowest BCUT2D eigenvalue weighted by molar-refractivity contribution is 0.462. The van der Waals surface area contributed by atoms with Crippen LogP contribution in [0.4, 0.5) is 5.13 Å². The van der Waals surface area contributed by atoms with Crippen molar-refractivity contribution in [3.63, 3.8) is 0 Å². The Morgan fingerprint density at radius 3 is 2.88 bits per heavy atom. The SMILES string of the molecule is CCc1nnc2sc(NC3CCCCC3)nn12. The molecule has 1 aliphatic carbocycles. The van der Waals surface area contributed by atoms with Crippen LogP contribution in [0.5, 0.6) is 0 Å². The maximum Gasteiger partial charge on any atom is 0.236 e. The fourth-order valence-corrected chi connectivity index (χ4v) is 3.19. The highest BCUT2D eigenvalue weighted by atomic mass is 32.1. The molecule has 2 aromatic heterocycles. The minimum Gasteiger partial charge on any atom is -0.357 e. The Balaban J connectivity index is 1.78. The third-order valence-corrected chi connectivity index (χ3v) is 4.13. The lowest BCUT2D eigenvalue weighted by Gasteiger charge is -2.21. The maximum absolute atomic E-state index is 4.54. The summed E-state index contributed by atoms with van der Waals surface area (Å²) in [4.78, 5) is 0.889. The topological polar surface area (TPSA) is 55.1 Å².